The van der Waals surface area contributed by atoms with Crippen LogP contribution in [0.4, 0.5) is 4.39 Å². The lowest BCUT2D eigenvalue weighted by molar-refractivity contribution is 0.00814. The standard InChI is InChI=1S/C12H16FNO/c1-9(15-12-5-6-14-8-12)10-3-2-4-11(13)7-10/h2-4,7,9,12,14H,5-6,8H2,1H3. The van der Waals surface area contributed by atoms with Crippen molar-refractivity contribution >= 4 is 0 Å². The molecule has 1 aliphatic heterocycles. The van der Waals surface area contributed by atoms with Crippen LogP contribution in [0.3, 0.4) is 0 Å². The lowest BCUT2D eigenvalue weighted by atomic mass is 10.1. The van der Waals surface area contributed by atoms with E-state index in [4.69, 9.17) is 4.74 Å². The molecule has 1 aliphatic rings. The third kappa shape index (κ3) is 2.76. The summed E-state index contributed by atoms with van der Waals surface area (Å²) in [5, 5.41) is 3.24. The van der Waals surface area contributed by atoms with Crippen molar-refractivity contribution in [1.29, 1.82) is 0 Å². The van der Waals surface area contributed by atoms with Crippen LogP contribution in [0.25, 0.3) is 0 Å². The monoisotopic (exact) mass is 209 g/mol. The zero-order valence-electron chi connectivity index (χ0n) is 8.87. The number of rotatable bonds is 3. The largest absolute Gasteiger partial charge is 0.369 e. The maximum absolute atomic E-state index is 13.0. The van der Waals surface area contributed by atoms with Gasteiger partial charge in [0.2, 0.25) is 0 Å². The van der Waals surface area contributed by atoms with Crippen LogP contribution in [0.2, 0.25) is 0 Å². The predicted molar refractivity (Wildman–Crippen MR) is 57.2 cm³/mol. The van der Waals surface area contributed by atoms with Crippen molar-refractivity contribution in [1.82, 2.24) is 5.32 Å². The highest BCUT2D eigenvalue weighted by Gasteiger charge is 2.18. The molecule has 2 unspecified atom stereocenters. The van der Waals surface area contributed by atoms with Gasteiger partial charge in [0.15, 0.2) is 0 Å². The van der Waals surface area contributed by atoms with E-state index in [1.165, 1.54) is 12.1 Å². The van der Waals surface area contributed by atoms with E-state index in [2.05, 4.69) is 5.32 Å². The normalized spacial score (nSPS) is 22.9. The summed E-state index contributed by atoms with van der Waals surface area (Å²) in [5.74, 6) is -0.201. The van der Waals surface area contributed by atoms with E-state index in [1.807, 2.05) is 13.0 Å². The second-order valence-corrected chi connectivity index (χ2v) is 3.95. The lowest BCUT2D eigenvalue weighted by Crippen LogP contribution is -2.18. The molecule has 0 saturated carbocycles. The summed E-state index contributed by atoms with van der Waals surface area (Å²) < 4.78 is 18.8. The fourth-order valence-corrected chi connectivity index (χ4v) is 1.87. The molecule has 0 spiro atoms. The molecule has 1 fully saturated rings. The van der Waals surface area contributed by atoms with Crippen LogP contribution in [0, 0.1) is 5.82 Å². The van der Waals surface area contributed by atoms with Crippen LogP contribution in [0.1, 0.15) is 25.0 Å². The van der Waals surface area contributed by atoms with E-state index in [0.717, 1.165) is 25.1 Å². The molecule has 0 bridgehead atoms. The van der Waals surface area contributed by atoms with Crippen molar-refractivity contribution in [3.8, 4) is 0 Å². The van der Waals surface area contributed by atoms with Crippen LogP contribution < -0.4 is 5.32 Å². The van der Waals surface area contributed by atoms with Crippen LogP contribution in [0.5, 0.6) is 0 Å². The van der Waals surface area contributed by atoms with Gasteiger partial charge in [0.05, 0.1) is 12.2 Å². The Bertz CT molecular complexity index is 323. The Balaban J connectivity index is 1.97. The molecule has 3 heteroatoms. The molecule has 2 nitrogen and oxygen atoms in total. The molecule has 0 radical (unpaired) electrons. The Kier molecular flexibility index (Phi) is 3.34. The van der Waals surface area contributed by atoms with Crippen LogP contribution in [-0.2, 0) is 4.74 Å². The summed E-state index contributed by atoms with van der Waals surface area (Å²) in [6.45, 7) is 3.88. The minimum atomic E-state index is -0.201. The molecule has 1 N–H and O–H groups in total. The number of halogens is 1. The quantitative estimate of drug-likeness (QED) is 0.824. The molecule has 1 aromatic rings. The van der Waals surface area contributed by atoms with E-state index in [0.29, 0.717) is 0 Å². The first-order valence-corrected chi connectivity index (χ1v) is 5.37. The van der Waals surface area contributed by atoms with Gasteiger partial charge in [0.25, 0.3) is 0 Å². The molecule has 1 heterocycles. The highest BCUT2D eigenvalue weighted by Crippen LogP contribution is 2.21. The highest BCUT2D eigenvalue weighted by atomic mass is 19.1. The first kappa shape index (κ1) is 10.6. The molecule has 2 rings (SSSR count). The summed E-state index contributed by atoms with van der Waals surface area (Å²) in [5.41, 5.74) is 0.905. The van der Waals surface area contributed by atoms with Gasteiger partial charge in [-0.25, -0.2) is 4.39 Å². The fourth-order valence-electron chi connectivity index (χ4n) is 1.87. The minimum Gasteiger partial charge on any atom is -0.369 e. The Hall–Kier alpha value is -0.930. The number of hydrogen-bond acceptors (Lipinski definition) is 2. The molecule has 2 atom stereocenters. The molecule has 0 aromatic heterocycles. The van der Waals surface area contributed by atoms with Crippen molar-refractivity contribution in [3.05, 3.63) is 35.6 Å². The molecule has 15 heavy (non-hydrogen) atoms. The van der Waals surface area contributed by atoms with E-state index >= 15 is 0 Å². The van der Waals surface area contributed by atoms with Crippen molar-refractivity contribution in [2.75, 3.05) is 13.1 Å². The van der Waals surface area contributed by atoms with Gasteiger partial charge < -0.3 is 10.1 Å². The van der Waals surface area contributed by atoms with Gasteiger partial charge in [-0.2, -0.15) is 0 Å². The lowest BCUT2D eigenvalue weighted by Gasteiger charge is -2.18. The highest BCUT2D eigenvalue weighted by molar-refractivity contribution is 5.18. The Morgan fingerprint density at radius 3 is 3.07 bits per heavy atom. The number of nitrogens with one attached hydrogen (secondary N) is 1. The van der Waals surface area contributed by atoms with Gasteiger partial charge in [0, 0.05) is 6.54 Å². The molecule has 0 aliphatic carbocycles. The third-order valence-corrected chi connectivity index (χ3v) is 2.73. The van der Waals surface area contributed by atoms with Gasteiger partial charge >= 0.3 is 0 Å². The Morgan fingerprint density at radius 2 is 2.40 bits per heavy atom. The molecule has 1 aromatic carbocycles. The molecule has 0 amide bonds. The third-order valence-electron chi connectivity index (χ3n) is 2.73. The van der Waals surface area contributed by atoms with Crippen molar-refractivity contribution < 1.29 is 9.13 Å². The topological polar surface area (TPSA) is 21.3 Å². The summed E-state index contributed by atoms with van der Waals surface area (Å²) in [6.07, 6.45) is 1.27. The van der Waals surface area contributed by atoms with Gasteiger partial charge in [-0.05, 0) is 37.6 Å². The van der Waals surface area contributed by atoms with Gasteiger partial charge in [-0.1, -0.05) is 12.1 Å². The predicted octanol–water partition coefficient (Wildman–Crippen LogP) is 2.27. The second kappa shape index (κ2) is 4.73. The average Bonchev–Trinajstić information content (AvgIpc) is 2.70. The van der Waals surface area contributed by atoms with Crippen LogP contribution >= 0.6 is 0 Å². The number of ether oxygens (including phenoxy) is 1. The Labute approximate surface area is 89.4 Å². The summed E-state index contributed by atoms with van der Waals surface area (Å²) in [6, 6.07) is 6.61. The van der Waals surface area contributed by atoms with Gasteiger partial charge in [-0.3, -0.25) is 0 Å². The number of benzene rings is 1. The Morgan fingerprint density at radius 1 is 1.53 bits per heavy atom. The minimum absolute atomic E-state index is 0.0365. The fraction of sp³-hybridized carbons (Fsp3) is 0.500. The first-order chi connectivity index (χ1) is 7.25. The SMILES string of the molecule is CC(OC1CCNC1)c1cccc(F)c1. The summed E-state index contributed by atoms with van der Waals surface area (Å²) in [7, 11) is 0. The summed E-state index contributed by atoms with van der Waals surface area (Å²) >= 11 is 0. The van der Waals surface area contributed by atoms with Crippen LogP contribution in [0.15, 0.2) is 24.3 Å². The first-order valence-electron chi connectivity index (χ1n) is 5.37. The molecule has 1 saturated heterocycles. The van der Waals surface area contributed by atoms with Gasteiger partial charge in [-0.15, -0.1) is 0 Å². The van der Waals surface area contributed by atoms with Crippen molar-refractivity contribution in [2.24, 2.45) is 0 Å². The average molecular weight is 209 g/mol. The summed E-state index contributed by atoms with van der Waals surface area (Å²) in [4.78, 5) is 0. The van der Waals surface area contributed by atoms with E-state index in [1.54, 1.807) is 6.07 Å². The zero-order valence-corrected chi connectivity index (χ0v) is 8.87. The van der Waals surface area contributed by atoms with Crippen LogP contribution in [-0.4, -0.2) is 19.2 Å². The van der Waals surface area contributed by atoms with Crippen molar-refractivity contribution in [3.63, 3.8) is 0 Å². The number of hydrogen-bond donors (Lipinski definition) is 1. The molecular formula is C12H16FNO. The van der Waals surface area contributed by atoms with Crippen molar-refractivity contribution in [2.45, 2.75) is 25.6 Å². The van der Waals surface area contributed by atoms with E-state index < -0.39 is 0 Å². The second-order valence-electron chi connectivity index (χ2n) is 3.95. The zero-order chi connectivity index (χ0) is 10.7. The molecule has 82 valence electrons. The maximum atomic E-state index is 13.0. The molecular weight excluding hydrogens is 193 g/mol. The van der Waals surface area contributed by atoms with E-state index in [9.17, 15) is 4.39 Å². The maximum Gasteiger partial charge on any atom is 0.123 e. The van der Waals surface area contributed by atoms with Gasteiger partial charge in [0.1, 0.15) is 5.82 Å². The van der Waals surface area contributed by atoms with E-state index in [-0.39, 0.29) is 18.0 Å². The smallest absolute Gasteiger partial charge is 0.123 e.